The van der Waals surface area contributed by atoms with Gasteiger partial charge in [0.1, 0.15) is 11.8 Å². The summed E-state index contributed by atoms with van der Waals surface area (Å²) in [6, 6.07) is 4.25. The highest BCUT2D eigenvalue weighted by Crippen LogP contribution is 2.27. The number of nitrogens with zero attached hydrogens (tertiary/aromatic N) is 5. The molecule has 0 bridgehead atoms. The van der Waals surface area contributed by atoms with E-state index in [1.807, 2.05) is 10.6 Å². The molecule has 3 heterocycles. The summed E-state index contributed by atoms with van der Waals surface area (Å²) in [4.78, 5) is 6.93. The predicted molar refractivity (Wildman–Crippen MR) is 92.0 cm³/mol. The number of hydrogen-bond acceptors (Lipinski definition) is 6. The van der Waals surface area contributed by atoms with Crippen molar-refractivity contribution in [2.75, 3.05) is 26.8 Å². The predicted octanol–water partition coefficient (Wildman–Crippen LogP) is 2.33. The number of likely N-dealkylation sites (tertiary alicyclic amines) is 1. The Morgan fingerprint density at radius 2 is 2.36 bits per heavy atom. The molecule has 0 radical (unpaired) electrons. The van der Waals surface area contributed by atoms with Gasteiger partial charge in [0, 0.05) is 39.4 Å². The lowest BCUT2D eigenvalue weighted by atomic mass is 9.97. The molecule has 0 aromatic carbocycles. The second kappa shape index (κ2) is 8.28. The minimum atomic E-state index is 0.279. The molecule has 0 spiro atoms. The molecule has 7 nitrogen and oxygen atoms in total. The minimum Gasteiger partial charge on any atom is -0.384 e. The topological polar surface area (TPSA) is 80.1 Å². The maximum Gasteiger partial charge on any atom is 0.231 e. The van der Waals surface area contributed by atoms with Crippen LogP contribution in [0.1, 0.15) is 48.7 Å². The van der Waals surface area contributed by atoms with E-state index in [2.05, 4.69) is 34.2 Å². The number of nitriles is 1. The summed E-state index contributed by atoms with van der Waals surface area (Å²) in [6.07, 6.45) is 4.94. The molecule has 1 aliphatic rings. The van der Waals surface area contributed by atoms with Crippen LogP contribution in [0.5, 0.6) is 0 Å². The van der Waals surface area contributed by atoms with Crippen LogP contribution in [0.2, 0.25) is 0 Å². The van der Waals surface area contributed by atoms with Crippen LogP contribution in [0.3, 0.4) is 0 Å². The molecule has 1 aliphatic heterocycles. The van der Waals surface area contributed by atoms with Gasteiger partial charge in [0.2, 0.25) is 5.89 Å². The molecule has 1 saturated heterocycles. The van der Waals surface area contributed by atoms with Crippen molar-refractivity contribution >= 4 is 0 Å². The lowest BCUT2D eigenvalue weighted by molar-refractivity contribution is 0.180. The SMILES string of the molecule is CCn1cc(CN2CCC[C@H](c3nc(CCOC)no3)C2)cc1C#N. The first kappa shape index (κ1) is 17.6. The van der Waals surface area contributed by atoms with Gasteiger partial charge in [0.15, 0.2) is 5.82 Å². The summed E-state index contributed by atoms with van der Waals surface area (Å²) < 4.78 is 12.5. The highest BCUT2D eigenvalue weighted by molar-refractivity contribution is 5.28. The molecule has 1 fully saturated rings. The van der Waals surface area contributed by atoms with Gasteiger partial charge in [-0.25, -0.2) is 0 Å². The highest BCUT2D eigenvalue weighted by Gasteiger charge is 2.26. The van der Waals surface area contributed by atoms with E-state index in [1.54, 1.807) is 7.11 Å². The number of aromatic nitrogens is 3. The second-order valence-electron chi connectivity index (χ2n) is 6.50. The standard InChI is InChI=1S/C18H25N5O2/c1-3-23-12-14(9-16(23)10-19)11-22-7-4-5-15(13-22)18-20-17(21-25-18)6-8-24-2/h9,12,15H,3-8,11,13H2,1-2H3/t15-/m0/s1. The Bertz CT molecular complexity index is 730. The van der Waals surface area contributed by atoms with Crippen molar-refractivity contribution in [1.82, 2.24) is 19.6 Å². The fourth-order valence-corrected chi connectivity index (χ4v) is 3.40. The lowest BCUT2D eigenvalue weighted by Crippen LogP contribution is -2.33. The molecule has 0 N–H and O–H groups in total. The van der Waals surface area contributed by atoms with Gasteiger partial charge >= 0.3 is 0 Å². The summed E-state index contributed by atoms with van der Waals surface area (Å²) >= 11 is 0. The van der Waals surface area contributed by atoms with Gasteiger partial charge in [0.05, 0.1) is 12.5 Å². The third-order valence-corrected chi connectivity index (χ3v) is 4.68. The molecule has 0 amide bonds. The molecule has 1 atom stereocenters. The molecule has 2 aromatic heterocycles. The Kier molecular flexibility index (Phi) is 5.84. The molecular weight excluding hydrogens is 318 g/mol. The van der Waals surface area contributed by atoms with Gasteiger partial charge in [-0.15, -0.1) is 0 Å². The third-order valence-electron chi connectivity index (χ3n) is 4.68. The first-order chi connectivity index (χ1) is 12.2. The number of rotatable bonds is 7. The Morgan fingerprint density at radius 3 is 3.08 bits per heavy atom. The Morgan fingerprint density at radius 1 is 1.48 bits per heavy atom. The van der Waals surface area contributed by atoms with Crippen molar-refractivity contribution in [1.29, 1.82) is 5.26 Å². The summed E-state index contributed by atoms with van der Waals surface area (Å²) in [6.45, 7) is 6.29. The van der Waals surface area contributed by atoms with Crippen molar-refractivity contribution in [3.8, 4) is 6.07 Å². The molecule has 2 aromatic rings. The van der Waals surface area contributed by atoms with Crippen LogP contribution < -0.4 is 0 Å². The minimum absolute atomic E-state index is 0.279. The van der Waals surface area contributed by atoms with Gasteiger partial charge in [0.25, 0.3) is 0 Å². The second-order valence-corrected chi connectivity index (χ2v) is 6.50. The number of methoxy groups -OCH3 is 1. The quantitative estimate of drug-likeness (QED) is 0.767. The van der Waals surface area contributed by atoms with Gasteiger partial charge < -0.3 is 13.8 Å². The first-order valence-corrected chi connectivity index (χ1v) is 8.86. The molecule has 0 unspecified atom stereocenters. The van der Waals surface area contributed by atoms with Crippen LogP contribution in [0.4, 0.5) is 0 Å². The normalized spacial score (nSPS) is 18.4. The number of ether oxygens (including phenoxy) is 1. The Balaban J connectivity index is 1.62. The molecule has 0 saturated carbocycles. The summed E-state index contributed by atoms with van der Waals surface area (Å²) in [5.74, 6) is 1.73. The molecule has 0 aliphatic carbocycles. The van der Waals surface area contributed by atoms with Gasteiger partial charge in [-0.3, -0.25) is 4.90 Å². The fraction of sp³-hybridized carbons (Fsp3) is 0.611. The fourth-order valence-electron chi connectivity index (χ4n) is 3.40. The molecule has 25 heavy (non-hydrogen) atoms. The zero-order valence-electron chi connectivity index (χ0n) is 14.9. The monoisotopic (exact) mass is 343 g/mol. The third kappa shape index (κ3) is 4.27. The van der Waals surface area contributed by atoms with Crippen LogP contribution in [0.25, 0.3) is 0 Å². The maximum atomic E-state index is 9.20. The van der Waals surface area contributed by atoms with Crippen LogP contribution in [-0.2, 0) is 24.2 Å². The van der Waals surface area contributed by atoms with Gasteiger partial charge in [-0.1, -0.05) is 5.16 Å². The first-order valence-electron chi connectivity index (χ1n) is 8.86. The van der Waals surface area contributed by atoms with E-state index in [-0.39, 0.29) is 5.92 Å². The Hall–Kier alpha value is -2.17. The average molecular weight is 343 g/mol. The summed E-state index contributed by atoms with van der Waals surface area (Å²) in [7, 11) is 1.67. The van der Waals surface area contributed by atoms with Gasteiger partial charge in [-0.05, 0) is 37.9 Å². The zero-order valence-corrected chi connectivity index (χ0v) is 14.9. The van der Waals surface area contributed by atoms with Crippen molar-refractivity contribution in [3.63, 3.8) is 0 Å². The number of aryl methyl sites for hydroxylation is 1. The largest absolute Gasteiger partial charge is 0.384 e. The van der Waals surface area contributed by atoms with E-state index in [9.17, 15) is 5.26 Å². The van der Waals surface area contributed by atoms with E-state index in [0.717, 1.165) is 50.6 Å². The van der Waals surface area contributed by atoms with E-state index >= 15 is 0 Å². The van der Waals surface area contributed by atoms with Crippen LogP contribution >= 0.6 is 0 Å². The van der Waals surface area contributed by atoms with Crippen molar-refractivity contribution in [2.45, 2.75) is 45.2 Å². The number of piperidine rings is 1. The molecule has 7 heteroatoms. The highest BCUT2D eigenvalue weighted by atomic mass is 16.5. The lowest BCUT2D eigenvalue weighted by Gasteiger charge is -2.30. The van der Waals surface area contributed by atoms with E-state index in [0.29, 0.717) is 18.9 Å². The van der Waals surface area contributed by atoms with E-state index in [4.69, 9.17) is 9.26 Å². The van der Waals surface area contributed by atoms with Crippen LogP contribution in [-0.4, -0.2) is 46.4 Å². The summed E-state index contributed by atoms with van der Waals surface area (Å²) in [5, 5.41) is 13.3. The molecule has 3 rings (SSSR count). The van der Waals surface area contributed by atoms with Gasteiger partial charge in [-0.2, -0.15) is 10.2 Å². The van der Waals surface area contributed by atoms with Crippen molar-refractivity contribution < 1.29 is 9.26 Å². The average Bonchev–Trinajstić information content (AvgIpc) is 3.26. The van der Waals surface area contributed by atoms with Crippen LogP contribution in [0, 0.1) is 11.3 Å². The Labute approximate surface area is 148 Å². The molecular formula is C18H25N5O2. The van der Waals surface area contributed by atoms with Crippen LogP contribution in [0.15, 0.2) is 16.8 Å². The molecule has 134 valence electrons. The van der Waals surface area contributed by atoms with E-state index in [1.165, 1.54) is 5.56 Å². The number of hydrogen-bond donors (Lipinski definition) is 0. The van der Waals surface area contributed by atoms with Crippen molar-refractivity contribution in [2.24, 2.45) is 0 Å². The summed E-state index contributed by atoms with van der Waals surface area (Å²) in [5.41, 5.74) is 1.91. The van der Waals surface area contributed by atoms with E-state index < -0.39 is 0 Å². The maximum absolute atomic E-state index is 9.20. The zero-order chi connectivity index (χ0) is 17.6. The van der Waals surface area contributed by atoms with Crippen molar-refractivity contribution in [3.05, 3.63) is 35.2 Å². The smallest absolute Gasteiger partial charge is 0.231 e.